The molecule has 0 saturated carbocycles. The number of pyridine rings is 1. The van der Waals surface area contributed by atoms with Gasteiger partial charge in [-0.15, -0.1) is 0 Å². The van der Waals surface area contributed by atoms with Gasteiger partial charge in [-0.05, 0) is 31.2 Å². The molecule has 0 fully saturated rings. The fourth-order valence-electron chi connectivity index (χ4n) is 1.85. The van der Waals surface area contributed by atoms with Gasteiger partial charge in [0.1, 0.15) is 11.6 Å². The van der Waals surface area contributed by atoms with Gasteiger partial charge in [-0.3, -0.25) is 0 Å². The lowest BCUT2D eigenvalue weighted by Gasteiger charge is -2.11. The third kappa shape index (κ3) is 3.32. The van der Waals surface area contributed by atoms with Crippen molar-refractivity contribution in [3.63, 3.8) is 0 Å². The molecule has 0 amide bonds. The van der Waals surface area contributed by atoms with Crippen LogP contribution in [0.5, 0.6) is 11.5 Å². The van der Waals surface area contributed by atoms with Gasteiger partial charge in [0.25, 0.3) is 0 Å². The number of hydrogen-bond acceptors (Lipinski definition) is 5. The highest BCUT2D eigenvalue weighted by Crippen LogP contribution is 2.30. The summed E-state index contributed by atoms with van der Waals surface area (Å²) in [6.45, 7) is 2.88. The Balaban J connectivity index is 2.19. The Morgan fingerprint density at radius 2 is 1.75 bits per heavy atom. The van der Waals surface area contributed by atoms with Crippen LogP contribution in [0.3, 0.4) is 0 Å². The van der Waals surface area contributed by atoms with Crippen molar-refractivity contribution in [2.24, 2.45) is 0 Å². The summed E-state index contributed by atoms with van der Waals surface area (Å²) in [5, 5.41) is 6.42. The second-order valence-electron chi connectivity index (χ2n) is 4.13. The van der Waals surface area contributed by atoms with Gasteiger partial charge in [0.2, 0.25) is 0 Å². The second-order valence-corrected chi connectivity index (χ2v) is 4.13. The Hall–Kier alpha value is -2.43. The number of anilines is 3. The summed E-state index contributed by atoms with van der Waals surface area (Å²) in [4.78, 5) is 4.46. The molecule has 2 aromatic rings. The molecular formula is C15H19N3O2. The zero-order chi connectivity index (χ0) is 14.4. The van der Waals surface area contributed by atoms with Crippen LogP contribution in [0.25, 0.3) is 0 Å². The topological polar surface area (TPSA) is 55.4 Å². The van der Waals surface area contributed by atoms with E-state index in [0.717, 1.165) is 23.9 Å². The van der Waals surface area contributed by atoms with Gasteiger partial charge in [0, 0.05) is 18.3 Å². The number of hydrogen-bond donors (Lipinski definition) is 2. The predicted molar refractivity (Wildman–Crippen MR) is 81.2 cm³/mol. The summed E-state index contributed by atoms with van der Waals surface area (Å²) in [5.41, 5.74) is 0.892. The zero-order valence-corrected chi connectivity index (χ0v) is 11.9. The predicted octanol–water partition coefficient (Wildman–Crippen LogP) is 3.27. The lowest BCUT2D eigenvalue weighted by atomic mass is 10.2. The number of rotatable bonds is 6. The number of methoxy groups -OCH3 is 2. The molecule has 0 bridgehead atoms. The number of aromatic nitrogens is 1. The minimum atomic E-state index is 0.681. The van der Waals surface area contributed by atoms with E-state index in [4.69, 9.17) is 9.47 Å². The van der Waals surface area contributed by atoms with E-state index < -0.39 is 0 Å². The van der Waals surface area contributed by atoms with Gasteiger partial charge in [-0.2, -0.15) is 0 Å². The van der Waals surface area contributed by atoms with Gasteiger partial charge in [-0.25, -0.2) is 4.98 Å². The van der Waals surface area contributed by atoms with Crippen LogP contribution in [-0.4, -0.2) is 25.7 Å². The summed E-state index contributed by atoms with van der Waals surface area (Å²) in [6, 6.07) is 11.5. The molecule has 5 nitrogen and oxygen atoms in total. The lowest BCUT2D eigenvalue weighted by molar-refractivity contribution is 0.355. The summed E-state index contributed by atoms with van der Waals surface area (Å²) >= 11 is 0. The van der Waals surface area contributed by atoms with E-state index in [2.05, 4.69) is 15.6 Å². The summed E-state index contributed by atoms with van der Waals surface area (Å²) in [7, 11) is 3.23. The Bertz CT molecular complexity index is 573. The van der Waals surface area contributed by atoms with E-state index in [1.54, 1.807) is 14.2 Å². The molecule has 1 aromatic heterocycles. The standard InChI is InChI=1S/C15H19N3O2/c1-4-16-14-6-5-7-15(18-14)17-11-8-9-12(19-2)13(10-11)20-3/h5-10H,4H2,1-3H3,(H2,16,17,18). The maximum atomic E-state index is 5.28. The monoisotopic (exact) mass is 273 g/mol. The average molecular weight is 273 g/mol. The highest BCUT2D eigenvalue weighted by Gasteiger charge is 2.05. The van der Waals surface area contributed by atoms with Gasteiger partial charge in [-0.1, -0.05) is 6.07 Å². The highest BCUT2D eigenvalue weighted by atomic mass is 16.5. The van der Waals surface area contributed by atoms with Crippen LogP contribution < -0.4 is 20.1 Å². The second kappa shape index (κ2) is 6.65. The fourth-order valence-corrected chi connectivity index (χ4v) is 1.85. The molecule has 2 rings (SSSR count). The smallest absolute Gasteiger partial charge is 0.162 e. The average Bonchev–Trinajstić information content (AvgIpc) is 2.48. The van der Waals surface area contributed by atoms with E-state index in [0.29, 0.717) is 11.5 Å². The molecule has 0 atom stereocenters. The molecule has 0 radical (unpaired) electrons. The van der Waals surface area contributed by atoms with Crippen LogP contribution >= 0.6 is 0 Å². The molecule has 0 unspecified atom stereocenters. The molecule has 20 heavy (non-hydrogen) atoms. The van der Waals surface area contributed by atoms with E-state index in [9.17, 15) is 0 Å². The Kier molecular flexibility index (Phi) is 4.65. The molecule has 0 aliphatic carbocycles. The molecule has 0 saturated heterocycles. The van der Waals surface area contributed by atoms with Crippen LogP contribution in [0.15, 0.2) is 36.4 Å². The fraction of sp³-hybridized carbons (Fsp3) is 0.267. The van der Waals surface area contributed by atoms with Crippen molar-refractivity contribution in [3.8, 4) is 11.5 Å². The van der Waals surface area contributed by atoms with E-state index >= 15 is 0 Å². The van der Waals surface area contributed by atoms with Gasteiger partial charge in [0.05, 0.1) is 14.2 Å². The number of ether oxygens (including phenoxy) is 2. The number of benzene rings is 1. The van der Waals surface area contributed by atoms with Crippen molar-refractivity contribution in [3.05, 3.63) is 36.4 Å². The highest BCUT2D eigenvalue weighted by molar-refractivity contribution is 5.62. The first-order chi connectivity index (χ1) is 9.76. The van der Waals surface area contributed by atoms with Crippen molar-refractivity contribution < 1.29 is 9.47 Å². The maximum Gasteiger partial charge on any atom is 0.162 e. The molecule has 0 aliphatic heterocycles. The third-order valence-corrected chi connectivity index (χ3v) is 2.76. The van der Waals surface area contributed by atoms with E-state index in [-0.39, 0.29) is 0 Å². The molecule has 0 spiro atoms. The van der Waals surface area contributed by atoms with Crippen LogP contribution in [0.2, 0.25) is 0 Å². The summed E-state index contributed by atoms with van der Waals surface area (Å²) < 4.78 is 10.5. The largest absolute Gasteiger partial charge is 0.493 e. The van der Waals surface area contributed by atoms with E-state index in [1.165, 1.54) is 0 Å². The molecule has 1 heterocycles. The first-order valence-corrected chi connectivity index (χ1v) is 6.46. The number of nitrogens with one attached hydrogen (secondary N) is 2. The third-order valence-electron chi connectivity index (χ3n) is 2.76. The lowest BCUT2D eigenvalue weighted by Crippen LogP contribution is -2.01. The van der Waals surface area contributed by atoms with Crippen LogP contribution in [-0.2, 0) is 0 Å². The zero-order valence-electron chi connectivity index (χ0n) is 11.9. The Labute approximate surface area is 118 Å². The van der Waals surface area contributed by atoms with E-state index in [1.807, 2.05) is 43.3 Å². The first kappa shape index (κ1) is 14.0. The van der Waals surface area contributed by atoms with Crippen LogP contribution in [0, 0.1) is 0 Å². The van der Waals surface area contributed by atoms with Gasteiger partial charge < -0.3 is 20.1 Å². The minimum Gasteiger partial charge on any atom is -0.493 e. The SMILES string of the molecule is CCNc1cccc(Nc2ccc(OC)c(OC)c2)n1. The van der Waals surface area contributed by atoms with Crippen molar-refractivity contribution in [2.75, 3.05) is 31.4 Å². The molecule has 1 aromatic carbocycles. The summed E-state index contributed by atoms with van der Waals surface area (Å²) in [5.74, 6) is 3.00. The maximum absolute atomic E-state index is 5.28. The van der Waals surface area contributed by atoms with Crippen molar-refractivity contribution in [1.29, 1.82) is 0 Å². The molecule has 2 N–H and O–H groups in total. The first-order valence-electron chi connectivity index (χ1n) is 6.46. The summed E-state index contributed by atoms with van der Waals surface area (Å²) in [6.07, 6.45) is 0. The van der Waals surface area contributed by atoms with Crippen LogP contribution in [0.1, 0.15) is 6.92 Å². The van der Waals surface area contributed by atoms with Crippen molar-refractivity contribution in [2.45, 2.75) is 6.92 Å². The molecule has 0 aliphatic rings. The normalized spacial score (nSPS) is 9.95. The van der Waals surface area contributed by atoms with Gasteiger partial charge in [0.15, 0.2) is 11.5 Å². The van der Waals surface area contributed by atoms with Gasteiger partial charge >= 0.3 is 0 Å². The van der Waals surface area contributed by atoms with Crippen molar-refractivity contribution in [1.82, 2.24) is 4.98 Å². The number of nitrogens with zero attached hydrogens (tertiary/aromatic N) is 1. The quantitative estimate of drug-likeness (QED) is 0.846. The Morgan fingerprint density at radius 3 is 2.45 bits per heavy atom. The van der Waals surface area contributed by atoms with Crippen molar-refractivity contribution >= 4 is 17.3 Å². The molecular weight excluding hydrogens is 254 g/mol. The van der Waals surface area contributed by atoms with Crippen LogP contribution in [0.4, 0.5) is 17.3 Å². The Morgan fingerprint density at radius 1 is 1.00 bits per heavy atom. The minimum absolute atomic E-state index is 0.681. The molecule has 5 heteroatoms. The molecule has 106 valence electrons.